The summed E-state index contributed by atoms with van der Waals surface area (Å²) in [6.07, 6.45) is 2.21. The molecule has 0 aliphatic carbocycles. The molecule has 1 fully saturated rings. The van der Waals surface area contributed by atoms with Gasteiger partial charge in [0.15, 0.2) is 0 Å². The molecule has 28 heavy (non-hydrogen) atoms. The zero-order valence-electron chi connectivity index (χ0n) is 15.7. The summed E-state index contributed by atoms with van der Waals surface area (Å²) < 4.78 is 0. The molecule has 2 aliphatic heterocycles. The Hall–Kier alpha value is -2.60. The van der Waals surface area contributed by atoms with Gasteiger partial charge in [0.25, 0.3) is 0 Å². The standard InChI is InChI=1S/C22H22N2O3S/c1-2-22(12-11-19(25)24-21(22)27)15-7-9-16(10-8-15)23-20(26)18-13-14-5-3-4-6-17(14)28-18/h3-10,18H,2,11-13H2,1H3,(H,23,26)(H,24,25,27). The predicted molar refractivity (Wildman–Crippen MR) is 109 cm³/mol. The van der Waals surface area contributed by atoms with Gasteiger partial charge in [-0.3, -0.25) is 19.7 Å². The Labute approximate surface area is 168 Å². The van der Waals surface area contributed by atoms with Gasteiger partial charge in [0.05, 0.1) is 10.7 Å². The van der Waals surface area contributed by atoms with Gasteiger partial charge in [-0.05, 0) is 48.6 Å². The maximum Gasteiger partial charge on any atom is 0.238 e. The summed E-state index contributed by atoms with van der Waals surface area (Å²) in [4.78, 5) is 37.8. The van der Waals surface area contributed by atoms with Gasteiger partial charge in [-0.2, -0.15) is 0 Å². The molecule has 2 heterocycles. The third-order valence-electron chi connectivity index (χ3n) is 5.71. The average Bonchev–Trinajstić information content (AvgIpc) is 3.14. The van der Waals surface area contributed by atoms with Crippen molar-refractivity contribution in [3.8, 4) is 0 Å². The number of imide groups is 1. The number of nitrogens with one attached hydrogen (secondary N) is 2. The van der Waals surface area contributed by atoms with Crippen LogP contribution in [0.3, 0.4) is 0 Å². The van der Waals surface area contributed by atoms with Gasteiger partial charge in [0.1, 0.15) is 0 Å². The molecule has 0 bridgehead atoms. The lowest BCUT2D eigenvalue weighted by atomic mass is 9.72. The van der Waals surface area contributed by atoms with Gasteiger partial charge in [0.2, 0.25) is 17.7 Å². The summed E-state index contributed by atoms with van der Waals surface area (Å²) in [6, 6.07) is 15.5. The highest BCUT2D eigenvalue weighted by Crippen LogP contribution is 2.38. The molecule has 3 amide bonds. The smallest absolute Gasteiger partial charge is 0.238 e. The second kappa shape index (κ2) is 7.43. The summed E-state index contributed by atoms with van der Waals surface area (Å²) >= 11 is 1.60. The van der Waals surface area contributed by atoms with E-state index in [0.717, 1.165) is 12.0 Å². The molecule has 0 saturated carbocycles. The fraction of sp³-hybridized carbons (Fsp3) is 0.318. The number of hydrogen-bond acceptors (Lipinski definition) is 4. The lowest BCUT2D eigenvalue weighted by Crippen LogP contribution is -2.51. The van der Waals surface area contributed by atoms with E-state index in [9.17, 15) is 14.4 Å². The van der Waals surface area contributed by atoms with Crippen molar-refractivity contribution in [3.63, 3.8) is 0 Å². The molecule has 5 nitrogen and oxygen atoms in total. The highest BCUT2D eigenvalue weighted by atomic mass is 32.2. The number of rotatable bonds is 4. The molecule has 1 saturated heterocycles. The van der Waals surface area contributed by atoms with Crippen molar-refractivity contribution in [2.75, 3.05) is 5.32 Å². The number of piperidine rings is 1. The number of fused-ring (bicyclic) bond motifs is 1. The second-order valence-corrected chi connectivity index (χ2v) is 8.54. The van der Waals surface area contributed by atoms with Crippen LogP contribution in [0.25, 0.3) is 0 Å². The molecule has 144 valence electrons. The van der Waals surface area contributed by atoms with Gasteiger partial charge in [-0.1, -0.05) is 37.3 Å². The molecule has 2 aliphatic rings. The van der Waals surface area contributed by atoms with Crippen molar-refractivity contribution >= 4 is 35.2 Å². The van der Waals surface area contributed by atoms with Crippen LogP contribution in [-0.2, 0) is 26.2 Å². The number of carbonyl (C=O) groups is 3. The number of anilines is 1. The number of carbonyl (C=O) groups excluding carboxylic acids is 3. The van der Waals surface area contributed by atoms with Crippen molar-refractivity contribution in [2.24, 2.45) is 0 Å². The van der Waals surface area contributed by atoms with Gasteiger partial charge < -0.3 is 5.32 Å². The summed E-state index contributed by atoms with van der Waals surface area (Å²) in [5.41, 5.74) is 2.12. The molecule has 2 atom stereocenters. The third-order valence-corrected chi connectivity index (χ3v) is 7.03. The van der Waals surface area contributed by atoms with Crippen LogP contribution in [0.5, 0.6) is 0 Å². The van der Waals surface area contributed by atoms with E-state index in [-0.39, 0.29) is 23.0 Å². The van der Waals surface area contributed by atoms with Crippen LogP contribution < -0.4 is 10.6 Å². The van der Waals surface area contributed by atoms with Gasteiger partial charge in [-0.25, -0.2) is 0 Å². The fourth-order valence-electron chi connectivity index (χ4n) is 3.99. The van der Waals surface area contributed by atoms with Crippen LogP contribution >= 0.6 is 11.8 Å². The van der Waals surface area contributed by atoms with Crippen LogP contribution in [0.4, 0.5) is 5.69 Å². The van der Waals surface area contributed by atoms with E-state index in [0.29, 0.717) is 24.9 Å². The van der Waals surface area contributed by atoms with Gasteiger partial charge in [-0.15, -0.1) is 11.8 Å². The van der Waals surface area contributed by atoms with Crippen molar-refractivity contribution in [1.29, 1.82) is 0 Å². The quantitative estimate of drug-likeness (QED) is 0.779. The first kappa shape index (κ1) is 18.7. The van der Waals surface area contributed by atoms with Crippen LogP contribution in [0.15, 0.2) is 53.4 Å². The second-order valence-electron chi connectivity index (χ2n) is 7.30. The minimum atomic E-state index is -0.681. The molecule has 2 aromatic rings. The normalized spacial score (nSPS) is 23.8. The molecular weight excluding hydrogens is 372 g/mol. The first-order valence-corrected chi connectivity index (χ1v) is 10.4. The zero-order valence-corrected chi connectivity index (χ0v) is 16.5. The van der Waals surface area contributed by atoms with Crippen LogP contribution in [0, 0.1) is 0 Å². The van der Waals surface area contributed by atoms with E-state index in [1.165, 1.54) is 10.5 Å². The Kier molecular flexibility index (Phi) is 4.98. The van der Waals surface area contributed by atoms with E-state index in [4.69, 9.17) is 0 Å². The number of amides is 3. The Bertz CT molecular complexity index is 916. The maximum absolute atomic E-state index is 12.6. The zero-order chi connectivity index (χ0) is 19.7. The number of hydrogen-bond donors (Lipinski definition) is 2. The monoisotopic (exact) mass is 394 g/mol. The fourth-order valence-corrected chi connectivity index (χ4v) is 5.19. The average molecular weight is 394 g/mol. The van der Waals surface area contributed by atoms with Crippen LogP contribution in [0.1, 0.15) is 37.3 Å². The Balaban J connectivity index is 1.46. The van der Waals surface area contributed by atoms with Gasteiger partial charge in [0, 0.05) is 17.0 Å². The highest BCUT2D eigenvalue weighted by Gasteiger charge is 2.42. The third kappa shape index (κ3) is 3.33. The molecule has 4 rings (SSSR count). The van der Waals surface area contributed by atoms with E-state index in [2.05, 4.69) is 16.7 Å². The maximum atomic E-state index is 12.6. The minimum absolute atomic E-state index is 0.0137. The summed E-state index contributed by atoms with van der Waals surface area (Å²) in [5, 5.41) is 5.31. The molecule has 0 radical (unpaired) electrons. The van der Waals surface area contributed by atoms with Crippen molar-refractivity contribution in [1.82, 2.24) is 5.32 Å². The molecule has 0 aromatic heterocycles. The summed E-state index contributed by atoms with van der Waals surface area (Å²) in [6.45, 7) is 1.96. The number of benzene rings is 2. The van der Waals surface area contributed by atoms with Crippen molar-refractivity contribution in [3.05, 3.63) is 59.7 Å². The summed E-state index contributed by atoms with van der Waals surface area (Å²) in [5.74, 6) is -0.462. The topological polar surface area (TPSA) is 75.3 Å². The largest absolute Gasteiger partial charge is 0.325 e. The minimum Gasteiger partial charge on any atom is -0.325 e. The molecule has 6 heteroatoms. The van der Waals surface area contributed by atoms with Gasteiger partial charge >= 0.3 is 0 Å². The molecular formula is C22H22N2O3S. The first-order chi connectivity index (χ1) is 13.5. The lowest BCUT2D eigenvalue weighted by Gasteiger charge is -2.35. The van der Waals surface area contributed by atoms with Crippen molar-refractivity contribution < 1.29 is 14.4 Å². The first-order valence-electron chi connectivity index (χ1n) is 9.52. The summed E-state index contributed by atoms with van der Waals surface area (Å²) in [7, 11) is 0. The Morgan fingerprint density at radius 1 is 1.18 bits per heavy atom. The van der Waals surface area contributed by atoms with E-state index < -0.39 is 5.41 Å². The van der Waals surface area contributed by atoms with E-state index in [1.54, 1.807) is 11.8 Å². The highest BCUT2D eigenvalue weighted by molar-refractivity contribution is 8.01. The van der Waals surface area contributed by atoms with Crippen molar-refractivity contribution in [2.45, 2.75) is 48.2 Å². The Morgan fingerprint density at radius 2 is 1.93 bits per heavy atom. The Morgan fingerprint density at radius 3 is 2.61 bits per heavy atom. The molecule has 2 aromatic carbocycles. The predicted octanol–water partition coefficient (Wildman–Crippen LogP) is 3.43. The molecule has 2 unspecified atom stereocenters. The lowest BCUT2D eigenvalue weighted by molar-refractivity contribution is -0.138. The van der Waals surface area contributed by atoms with E-state index in [1.807, 2.05) is 49.4 Å². The van der Waals surface area contributed by atoms with Crippen LogP contribution in [-0.4, -0.2) is 23.0 Å². The molecule has 0 spiro atoms. The SMILES string of the molecule is CCC1(c2ccc(NC(=O)C3Cc4ccccc4S3)cc2)CCC(=O)NC1=O. The molecule has 2 N–H and O–H groups in total. The van der Waals surface area contributed by atoms with E-state index >= 15 is 0 Å². The van der Waals surface area contributed by atoms with Crippen LogP contribution in [0.2, 0.25) is 0 Å². The number of thioether (sulfide) groups is 1.